The highest BCUT2D eigenvalue weighted by Crippen LogP contribution is 2.28. The van der Waals surface area contributed by atoms with E-state index in [4.69, 9.17) is 4.74 Å². The van der Waals surface area contributed by atoms with Gasteiger partial charge in [0.15, 0.2) is 5.16 Å². The molecule has 1 aromatic carbocycles. The second kappa shape index (κ2) is 9.20. The van der Waals surface area contributed by atoms with Gasteiger partial charge < -0.3 is 19.5 Å². The minimum Gasteiger partial charge on any atom is -0.444 e. The number of thioether (sulfide) groups is 1. The maximum Gasteiger partial charge on any atom is 0.410 e. The Kier molecular flexibility index (Phi) is 6.84. The Bertz CT molecular complexity index is 905. The first-order chi connectivity index (χ1) is 14.1. The number of piperidine rings is 1. The molecule has 10 heteroatoms. The van der Waals surface area contributed by atoms with Crippen LogP contribution in [-0.2, 0) is 16.1 Å². The van der Waals surface area contributed by atoms with E-state index in [9.17, 15) is 18.4 Å². The highest BCUT2D eigenvalue weighted by Gasteiger charge is 2.28. The molecular weight excluding hydrogens is 414 g/mol. The molecular formula is C20H26F2N4O3S. The van der Waals surface area contributed by atoms with E-state index in [0.29, 0.717) is 48.7 Å². The van der Waals surface area contributed by atoms with Crippen molar-refractivity contribution in [2.24, 2.45) is 0 Å². The number of nitrogens with zero attached hydrogens (tertiary/aromatic N) is 3. The van der Waals surface area contributed by atoms with Crippen molar-refractivity contribution in [3.8, 4) is 0 Å². The Hall–Kier alpha value is -2.36. The minimum atomic E-state index is -2.62. The maximum absolute atomic E-state index is 12.9. The topological polar surface area (TPSA) is 76.5 Å². The van der Waals surface area contributed by atoms with E-state index in [-0.39, 0.29) is 29.7 Å². The number of ether oxygens (including phenoxy) is 1. The van der Waals surface area contributed by atoms with Gasteiger partial charge in [0.25, 0.3) is 5.76 Å². The minimum absolute atomic E-state index is 0.0859. The molecule has 7 nitrogen and oxygen atoms in total. The predicted octanol–water partition coefficient (Wildman–Crippen LogP) is 3.87. The van der Waals surface area contributed by atoms with Crippen molar-refractivity contribution in [2.75, 3.05) is 13.1 Å². The Morgan fingerprint density at radius 3 is 2.57 bits per heavy atom. The standard InChI is InChI=1S/C20H26F2N4O3S/c1-20(2,3)29-19(28)25-10-8-13(9-11-25)23-16(27)12-26-15-7-5-4-6-14(15)24-18(26)30-17(21)22/h4-7,13,17H,8-12H2,1-3H3,(H,23,27). The van der Waals surface area contributed by atoms with Crippen LogP contribution < -0.4 is 5.32 Å². The second-order valence-electron chi connectivity index (χ2n) is 8.16. The molecule has 30 heavy (non-hydrogen) atoms. The van der Waals surface area contributed by atoms with Gasteiger partial charge in [-0.2, -0.15) is 8.78 Å². The Labute approximate surface area is 178 Å². The summed E-state index contributed by atoms with van der Waals surface area (Å²) in [6.07, 6.45) is 0.855. The number of hydrogen-bond donors (Lipinski definition) is 1. The van der Waals surface area contributed by atoms with Crippen LogP contribution in [0.5, 0.6) is 0 Å². The smallest absolute Gasteiger partial charge is 0.410 e. The van der Waals surface area contributed by atoms with E-state index in [2.05, 4.69) is 10.3 Å². The number of rotatable bonds is 5. The molecule has 3 rings (SSSR count). The number of imidazole rings is 1. The molecule has 0 radical (unpaired) electrons. The zero-order valence-electron chi connectivity index (χ0n) is 17.2. The van der Waals surface area contributed by atoms with Crippen LogP contribution in [0.2, 0.25) is 0 Å². The largest absolute Gasteiger partial charge is 0.444 e. The van der Waals surface area contributed by atoms with Crippen LogP contribution >= 0.6 is 11.8 Å². The third kappa shape index (κ3) is 5.84. The first-order valence-electron chi connectivity index (χ1n) is 9.80. The number of aromatic nitrogens is 2. The third-order valence-corrected chi connectivity index (χ3v) is 5.33. The number of para-hydroxylation sites is 2. The molecule has 2 amide bonds. The molecule has 1 N–H and O–H groups in total. The van der Waals surface area contributed by atoms with Crippen LogP contribution in [0.4, 0.5) is 13.6 Å². The van der Waals surface area contributed by atoms with Gasteiger partial charge in [0, 0.05) is 19.1 Å². The molecule has 1 aromatic heterocycles. The number of benzene rings is 1. The SMILES string of the molecule is CC(C)(C)OC(=O)N1CCC(NC(=O)Cn2c(SC(F)F)nc3ccccc32)CC1. The quantitative estimate of drug-likeness (QED) is 0.715. The van der Waals surface area contributed by atoms with Crippen LogP contribution in [0.15, 0.2) is 29.4 Å². The van der Waals surface area contributed by atoms with Crippen molar-refractivity contribution in [1.82, 2.24) is 19.8 Å². The number of carbonyl (C=O) groups excluding carboxylic acids is 2. The summed E-state index contributed by atoms with van der Waals surface area (Å²) >= 11 is 0.327. The van der Waals surface area contributed by atoms with Gasteiger partial charge in [-0.1, -0.05) is 12.1 Å². The summed E-state index contributed by atoms with van der Waals surface area (Å²) in [7, 11) is 0. The molecule has 2 aromatic rings. The van der Waals surface area contributed by atoms with Crippen LogP contribution in [0.1, 0.15) is 33.6 Å². The molecule has 1 aliphatic rings. The van der Waals surface area contributed by atoms with Crippen molar-refractivity contribution in [3.05, 3.63) is 24.3 Å². The summed E-state index contributed by atoms with van der Waals surface area (Å²) in [4.78, 5) is 30.6. The number of halogens is 2. The van der Waals surface area contributed by atoms with Crippen LogP contribution in [0, 0.1) is 0 Å². The van der Waals surface area contributed by atoms with E-state index in [1.807, 2.05) is 20.8 Å². The first kappa shape index (κ1) is 22.3. The predicted molar refractivity (Wildman–Crippen MR) is 111 cm³/mol. The maximum atomic E-state index is 12.9. The average molecular weight is 441 g/mol. The lowest BCUT2D eigenvalue weighted by molar-refractivity contribution is -0.122. The second-order valence-corrected chi connectivity index (χ2v) is 9.11. The van der Waals surface area contributed by atoms with Crippen molar-refractivity contribution in [2.45, 2.75) is 62.7 Å². The summed E-state index contributed by atoms with van der Waals surface area (Å²) in [5, 5.41) is 3.06. The molecule has 0 unspecified atom stereocenters. The number of fused-ring (bicyclic) bond motifs is 1. The van der Waals surface area contributed by atoms with Crippen molar-refractivity contribution in [3.63, 3.8) is 0 Å². The fourth-order valence-corrected chi connectivity index (χ4v) is 3.93. The molecule has 1 fully saturated rings. The van der Waals surface area contributed by atoms with Gasteiger partial charge in [-0.15, -0.1) is 0 Å². The third-order valence-electron chi connectivity index (χ3n) is 4.63. The molecule has 164 valence electrons. The Morgan fingerprint density at radius 2 is 1.93 bits per heavy atom. The lowest BCUT2D eigenvalue weighted by Crippen LogP contribution is -2.48. The van der Waals surface area contributed by atoms with E-state index in [1.54, 1.807) is 29.2 Å². The van der Waals surface area contributed by atoms with Gasteiger partial charge in [0.05, 0.1) is 11.0 Å². The van der Waals surface area contributed by atoms with E-state index < -0.39 is 11.4 Å². The van der Waals surface area contributed by atoms with Gasteiger partial charge in [0.2, 0.25) is 5.91 Å². The molecule has 2 heterocycles. The number of nitrogens with one attached hydrogen (secondary N) is 1. The van der Waals surface area contributed by atoms with Gasteiger partial charge >= 0.3 is 6.09 Å². The fraction of sp³-hybridized carbons (Fsp3) is 0.550. The lowest BCUT2D eigenvalue weighted by atomic mass is 10.1. The monoisotopic (exact) mass is 440 g/mol. The van der Waals surface area contributed by atoms with E-state index in [1.165, 1.54) is 4.57 Å². The summed E-state index contributed by atoms with van der Waals surface area (Å²) in [6, 6.07) is 6.95. The number of amides is 2. The van der Waals surface area contributed by atoms with Crippen LogP contribution in [-0.4, -0.2) is 56.9 Å². The van der Waals surface area contributed by atoms with Crippen LogP contribution in [0.25, 0.3) is 11.0 Å². The highest BCUT2D eigenvalue weighted by atomic mass is 32.2. The van der Waals surface area contributed by atoms with E-state index >= 15 is 0 Å². The number of carbonyl (C=O) groups is 2. The molecule has 0 bridgehead atoms. The zero-order valence-corrected chi connectivity index (χ0v) is 18.0. The Balaban J connectivity index is 1.59. The first-order valence-corrected chi connectivity index (χ1v) is 10.7. The summed E-state index contributed by atoms with van der Waals surface area (Å²) < 4.78 is 32.7. The molecule has 1 saturated heterocycles. The molecule has 1 aliphatic heterocycles. The summed E-state index contributed by atoms with van der Waals surface area (Å²) in [6.45, 7) is 6.33. The fourth-order valence-electron chi connectivity index (χ4n) is 3.33. The summed E-state index contributed by atoms with van der Waals surface area (Å²) in [5.74, 6) is -2.90. The van der Waals surface area contributed by atoms with E-state index in [0.717, 1.165) is 0 Å². The lowest BCUT2D eigenvalue weighted by Gasteiger charge is -2.33. The number of hydrogen-bond acceptors (Lipinski definition) is 5. The van der Waals surface area contributed by atoms with Gasteiger partial charge in [-0.3, -0.25) is 4.79 Å². The number of alkyl halides is 2. The summed E-state index contributed by atoms with van der Waals surface area (Å²) in [5.41, 5.74) is 0.651. The molecule has 0 atom stereocenters. The highest BCUT2D eigenvalue weighted by molar-refractivity contribution is 7.99. The molecule has 0 spiro atoms. The van der Waals surface area contributed by atoms with Crippen LogP contribution in [0.3, 0.4) is 0 Å². The normalized spacial score (nSPS) is 15.6. The van der Waals surface area contributed by atoms with Gasteiger partial charge in [0.1, 0.15) is 12.1 Å². The van der Waals surface area contributed by atoms with Crippen molar-refractivity contribution in [1.29, 1.82) is 0 Å². The zero-order chi connectivity index (χ0) is 21.9. The van der Waals surface area contributed by atoms with Gasteiger partial charge in [-0.05, 0) is 57.5 Å². The Morgan fingerprint density at radius 1 is 1.27 bits per heavy atom. The van der Waals surface area contributed by atoms with Crippen molar-refractivity contribution >= 4 is 34.8 Å². The average Bonchev–Trinajstić information content (AvgIpc) is 2.97. The molecule has 0 aliphatic carbocycles. The van der Waals surface area contributed by atoms with Crippen molar-refractivity contribution < 1.29 is 23.1 Å². The number of likely N-dealkylation sites (tertiary alicyclic amines) is 1. The van der Waals surface area contributed by atoms with Gasteiger partial charge in [-0.25, -0.2) is 9.78 Å². The molecule has 0 saturated carbocycles.